The van der Waals surface area contributed by atoms with Gasteiger partial charge in [0.05, 0.1) is 5.92 Å². The van der Waals surface area contributed by atoms with Crippen molar-refractivity contribution in [3.8, 4) is 0 Å². The normalized spacial score (nSPS) is 17.0. The first-order chi connectivity index (χ1) is 12.0. The van der Waals surface area contributed by atoms with Gasteiger partial charge in [-0.3, -0.25) is 9.59 Å². The van der Waals surface area contributed by atoms with Crippen molar-refractivity contribution in [1.29, 1.82) is 0 Å². The minimum Gasteiger partial charge on any atom is -0.352 e. The van der Waals surface area contributed by atoms with Gasteiger partial charge in [0.1, 0.15) is 0 Å². The van der Waals surface area contributed by atoms with E-state index in [4.69, 9.17) is 0 Å². The van der Waals surface area contributed by atoms with E-state index in [2.05, 4.69) is 5.32 Å². The van der Waals surface area contributed by atoms with E-state index >= 15 is 0 Å². The Bertz CT molecular complexity index is 813. The molecule has 3 rings (SSSR count). The molecule has 4 nitrogen and oxygen atoms in total. The lowest BCUT2D eigenvalue weighted by molar-refractivity contribution is -0.126. The summed E-state index contributed by atoms with van der Waals surface area (Å²) in [6, 6.07) is 14.0. The summed E-state index contributed by atoms with van der Waals surface area (Å²) in [7, 11) is 0. The minimum absolute atomic E-state index is 0.0132. The topological polar surface area (TPSA) is 49.4 Å². The van der Waals surface area contributed by atoms with Gasteiger partial charge in [0, 0.05) is 25.2 Å². The summed E-state index contributed by atoms with van der Waals surface area (Å²) in [5, 5.41) is 2.98. The molecular weight excluding hydrogens is 312 g/mol. The molecule has 2 amide bonds. The highest BCUT2D eigenvalue weighted by molar-refractivity contribution is 6.00. The van der Waals surface area contributed by atoms with Gasteiger partial charge in [-0.25, -0.2) is 0 Å². The highest BCUT2D eigenvalue weighted by Gasteiger charge is 2.35. The van der Waals surface area contributed by atoms with Crippen LogP contribution in [0.2, 0.25) is 0 Å². The van der Waals surface area contributed by atoms with E-state index in [1.165, 1.54) is 5.56 Å². The molecule has 0 unspecified atom stereocenters. The summed E-state index contributed by atoms with van der Waals surface area (Å²) in [6.07, 6.45) is 0.270. The number of carbonyl (C=O) groups is 2. The molecule has 1 aliphatic rings. The molecule has 0 saturated carbocycles. The van der Waals surface area contributed by atoms with Gasteiger partial charge < -0.3 is 10.2 Å². The quantitative estimate of drug-likeness (QED) is 0.931. The molecule has 25 heavy (non-hydrogen) atoms. The summed E-state index contributed by atoms with van der Waals surface area (Å²) < 4.78 is 0. The zero-order valence-electron chi connectivity index (χ0n) is 15.0. The van der Waals surface area contributed by atoms with E-state index in [0.717, 1.165) is 22.4 Å². The Morgan fingerprint density at radius 1 is 1.08 bits per heavy atom. The zero-order valence-corrected chi connectivity index (χ0v) is 15.0. The van der Waals surface area contributed by atoms with Crippen LogP contribution < -0.4 is 10.2 Å². The van der Waals surface area contributed by atoms with E-state index in [1.54, 1.807) is 4.90 Å². The van der Waals surface area contributed by atoms with Gasteiger partial charge in [-0.2, -0.15) is 0 Å². The van der Waals surface area contributed by atoms with Gasteiger partial charge in [-0.05, 0) is 55.2 Å². The lowest BCUT2D eigenvalue weighted by Crippen LogP contribution is -2.32. The molecule has 0 bridgehead atoms. The van der Waals surface area contributed by atoms with Gasteiger partial charge in [-0.1, -0.05) is 30.3 Å². The van der Waals surface area contributed by atoms with Gasteiger partial charge >= 0.3 is 0 Å². The van der Waals surface area contributed by atoms with Crippen LogP contribution in [0.4, 0.5) is 5.69 Å². The van der Waals surface area contributed by atoms with Crippen molar-refractivity contribution in [2.75, 3.05) is 11.4 Å². The zero-order chi connectivity index (χ0) is 18.0. The monoisotopic (exact) mass is 336 g/mol. The molecule has 1 atom stereocenters. The number of carbonyl (C=O) groups excluding carboxylic acids is 2. The Kier molecular flexibility index (Phi) is 4.88. The molecule has 4 heteroatoms. The number of nitrogens with zero attached hydrogens (tertiary/aromatic N) is 1. The molecule has 1 aliphatic heterocycles. The number of rotatable bonds is 4. The average molecular weight is 336 g/mol. The fourth-order valence-corrected chi connectivity index (χ4v) is 3.16. The van der Waals surface area contributed by atoms with Gasteiger partial charge in [0.15, 0.2) is 0 Å². The second-order valence-corrected chi connectivity index (χ2v) is 6.82. The first-order valence-electron chi connectivity index (χ1n) is 8.65. The highest BCUT2D eigenvalue weighted by Crippen LogP contribution is 2.27. The number of amides is 2. The van der Waals surface area contributed by atoms with Gasteiger partial charge in [-0.15, -0.1) is 0 Å². The number of benzene rings is 2. The lowest BCUT2D eigenvalue weighted by atomic mass is 10.1. The maximum Gasteiger partial charge on any atom is 0.227 e. The first-order valence-corrected chi connectivity index (χ1v) is 8.65. The van der Waals surface area contributed by atoms with Crippen molar-refractivity contribution in [3.63, 3.8) is 0 Å². The third kappa shape index (κ3) is 3.73. The van der Waals surface area contributed by atoms with Crippen molar-refractivity contribution < 1.29 is 9.59 Å². The molecule has 0 radical (unpaired) electrons. The molecule has 1 heterocycles. The molecule has 1 saturated heterocycles. The fraction of sp³-hybridized carbons (Fsp3) is 0.333. The van der Waals surface area contributed by atoms with Crippen LogP contribution in [-0.2, 0) is 16.1 Å². The van der Waals surface area contributed by atoms with Crippen molar-refractivity contribution in [2.24, 2.45) is 5.92 Å². The van der Waals surface area contributed by atoms with Crippen LogP contribution in [-0.4, -0.2) is 18.4 Å². The molecule has 2 aromatic carbocycles. The van der Waals surface area contributed by atoms with Crippen LogP contribution in [0.3, 0.4) is 0 Å². The van der Waals surface area contributed by atoms with Crippen molar-refractivity contribution >= 4 is 17.5 Å². The smallest absolute Gasteiger partial charge is 0.227 e. The standard InChI is InChI=1S/C21H24N2O2/c1-14-8-9-19(10-16(14)3)23-13-18(11-20(23)24)21(25)22-12-17-7-5-4-6-15(17)2/h4-10,18H,11-13H2,1-3H3,(H,22,25)/t18-/m0/s1. The molecule has 0 aliphatic carbocycles. The Hall–Kier alpha value is -2.62. The molecule has 0 spiro atoms. The van der Waals surface area contributed by atoms with Crippen LogP contribution in [0, 0.1) is 26.7 Å². The lowest BCUT2D eigenvalue weighted by Gasteiger charge is -2.18. The maximum atomic E-state index is 12.5. The van der Waals surface area contributed by atoms with Crippen molar-refractivity contribution in [3.05, 3.63) is 64.7 Å². The van der Waals surface area contributed by atoms with Crippen LogP contribution >= 0.6 is 0 Å². The highest BCUT2D eigenvalue weighted by atomic mass is 16.2. The largest absolute Gasteiger partial charge is 0.352 e. The predicted molar refractivity (Wildman–Crippen MR) is 99.4 cm³/mol. The number of hydrogen-bond acceptors (Lipinski definition) is 2. The second kappa shape index (κ2) is 7.09. The van der Waals surface area contributed by atoms with E-state index in [9.17, 15) is 9.59 Å². The molecule has 0 aromatic heterocycles. The van der Waals surface area contributed by atoms with Crippen LogP contribution in [0.25, 0.3) is 0 Å². The summed E-state index contributed by atoms with van der Waals surface area (Å²) >= 11 is 0. The second-order valence-electron chi connectivity index (χ2n) is 6.82. The van der Waals surface area contributed by atoms with E-state index < -0.39 is 0 Å². The minimum atomic E-state index is -0.293. The number of aryl methyl sites for hydroxylation is 3. The number of nitrogens with one attached hydrogen (secondary N) is 1. The SMILES string of the molecule is Cc1ccc(N2C[C@@H](C(=O)NCc3ccccc3C)CC2=O)cc1C. The number of hydrogen-bond donors (Lipinski definition) is 1. The van der Waals surface area contributed by atoms with Crippen LogP contribution in [0.1, 0.15) is 28.7 Å². The van der Waals surface area contributed by atoms with E-state index in [-0.39, 0.29) is 24.2 Å². The summed E-state index contributed by atoms with van der Waals surface area (Å²) in [6.45, 7) is 7.06. The number of anilines is 1. The maximum absolute atomic E-state index is 12.5. The summed E-state index contributed by atoms with van der Waals surface area (Å²) in [4.78, 5) is 26.6. The third-order valence-corrected chi connectivity index (χ3v) is 5.01. The molecule has 2 aromatic rings. The summed E-state index contributed by atoms with van der Waals surface area (Å²) in [5.41, 5.74) is 5.48. The Balaban J connectivity index is 1.64. The third-order valence-electron chi connectivity index (χ3n) is 5.01. The predicted octanol–water partition coefficient (Wildman–Crippen LogP) is 3.28. The molecular formula is C21H24N2O2. The van der Waals surface area contributed by atoms with Gasteiger partial charge in [0.25, 0.3) is 0 Å². The molecule has 1 fully saturated rings. The van der Waals surface area contributed by atoms with Crippen LogP contribution in [0.5, 0.6) is 0 Å². The molecule has 1 N–H and O–H groups in total. The van der Waals surface area contributed by atoms with Crippen LogP contribution in [0.15, 0.2) is 42.5 Å². The van der Waals surface area contributed by atoms with E-state index in [0.29, 0.717) is 13.1 Å². The van der Waals surface area contributed by atoms with Crippen molar-refractivity contribution in [1.82, 2.24) is 5.32 Å². The fourth-order valence-electron chi connectivity index (χ4n) is 3.16. The van der Waals surface area contributed by atoms with E-state index in [1.807, 2.05) is 63.2 Å². The average Bonchev–Trinajstić information content (AvgIpc) is 2.98. The van der Waals surface area contributed by atoms with Crippen molar-refractivity contribution in [2.45, 2.75) is 33.7 Å². The Morgan fingerprint density at radius 2 is 1.84 bits per heavy atom. The summed E-state index contributed by atoms with van der Waals surface area (Å²) in [5.74, 6) is -0.333. The first kappa shape index (κ1) is 17.2. The Morgan fingerprint density at radius 3 is 2.56 bits per heavy atom. The van der Waals surface area contributed by atoms with Gasteiger partial charge in [0.2, 0.25) is 11.8 Å². The molecule has 130 valence electrons. The Labute approximate surface area is 148 Å².